The second-order valence-corrected chi connectivity index (χ2v) is 6.74. The van der Waals surface area contributed by atoms with Gasteiger partial charge < -0.3 is 23.5 Å². The van der Waals surface area contributed by atoms with Crippen molar-refractivity contribution < 1.29 is 28.3 Å². The van der Waals surface area contributed by atoms with E-state index in [9.17, 15) is 4.79 Å². The summed E-state index contributed by atoms with van der Waals surface area (Å²) in [7, 11) is 1.54. The van der Waals surface area contributed by atoms with E-state index in [1.807, 2.05) is 31.2 Å². The molecule has 7 heteroatoms. The van der Waals surface area contributed by atoms with E-state index < -0.39 is 5.97 Å². The van der Waals surface area contributed by atoms with E-state index >= 15 is 0 Å². The SMILES string of the molecule is COc1ccccc1OCC(=O)OCc1cc(-c2ccc3c(c2)CC(C)O3)on1. The third kappa shape index (κ3) is 4.34. The van der Waals surface area contributed by atoms with Gasteiger partial charge in [0.2, 0.25) is 0 Å². The average molecular weight is 395 g/mol. The van der Waals surface area contributed by atoms with E-state index in [2.05, 4.69) is 5.16 Å². The van der Waals surface area contributed by atoms with Gasteiger partial charge in [0.15, 0.2) is 23.9 Å². The molecule has 0 saturated carbocycles. The van der Waals surface area contributed by atoms with Crippen LogP contribution in [0.1, 0.15) is 18.2 Å². The number of methoxy groups -OCH3 is 1. The molecule has 4 rings (SSSR count). The van der Waals surface area contributed by atoms with Crippen molar-refractivity contribution in [2.45, 2.75) is 26.1 Å². The van der Waals surface area contributed by atoms with Crippen molar-refractivity contribution in [3.05, 3.63) is 59.8 Å². The standard InChI is InChI=1S/C22H21NO6/c1-14-9-16-10-15(7-8-18(16)28-14)21-11-17(23-29-21)12-27-22(24)13-26-20-6-4-3-5-19(20)25-2/h3-8,10-11,14H,9,12-13H2,1-2H3. The summed E-state index contributed by atoms with van der Waals surface area (Å²) in [6.07, 6.45) is 1.05. The van der Waals surface area contributed by atoms with Gasteiger partial charge in [-0.1, -0.05) is 17.3 Å². The van der Waals surface area contributed by atoms with Crippen molar-refractivity contribution in [2.24, 2.45) is 0 Å². The Hall–Kier alpha value is -3.48. The molecule has 1 aromatic heterocycles. The number of nitrogens with zero attached hydrogens (tertiary/aromatic N) is 1. The molecular formula is C22H21NO6. The predicted octanol–water partition coefficient (Wildman–Crippen LogP) is 3.80. The van der Waals surface area contributed by atoms with Gasteiger partial charge in [0.05, 0.1) is 7.11 Å². The number of rotatable bonds is 7. The maximum atomic E-state index is 12.0. The van der Waals surface area contributed by atoms with Crippen LogP contribution in [0.5, 0.6) is 17.2 Å². The Morgan fingerprint density at radius 2 is 2.00 bits per heavy atom. The zero-order chi connectivity index (χ0) is 20.2. The topological polar surface area (TPSA) is 80.0 Å². The van der Waals surface area contributed by atoms with Crippen LogP contribution in [0.2, 0.25) is 0 Å². The summed E-state index contributed by atoms with van der Waals surface area (Å²) >= 11 is 0. The molecule has 2 heterocycles. The molecule has 29 heavy (non-hydrogen) atoms. The van der Waals surface area contributed by atoms with Crippen molar-refractivity contribution >= 4 is 5.97 Å². The largest absolute Gasteiger partial charge is 0.493 e. The lowest BCUT2D eigenvalue weighted by Crippen LogP contribution is -2.15. The number of carbonyl (C=O) groups is 1. The van der Waals surface area contributed by atoms with Gasteiger partial charge in [0.25, 0.3) is 0 Å². The lowest BCUT2D eigenvalue weighted by Gasteiger charge is -2.09. The van der Waals surface area contributed by atoms with Crippen molar-refractivity contribution in [2.75, 3.05) is 13.7 Å². The molecule has 0 bridgehead atoms. The van der Waals surface area contributed by atoms with Crippen molar-refractivity contribution in [3.63, 3.8) is 0 Å². The van der Waals surface area contributed by atoms with E-state index in [-0.39, 0.29) is 19.3 Å². The molecule has 0 saturated heterocycles. The Morgan fingerprint density at radius 3 is 2.83 bits per heavy atom. The minimum Gasteiger partial charge on any atom is -0.493 e. The Balaban J connectivity index is 1.32. The minimum atomic E-state index is -0.510. The fourth-order valence-corrected chi connectivity index (χ4v) is 3.16. The van der Waals surface area contributed by atoms with Crippen LogP contribution in [0.25, 0.3) is 11.3 Å². The maximum Gasteiger partial charge on any atom is 0.344 e. The second kappa shape index (κ2) is 8.26. The van der Waals surface area contributed by atoms with Crippen LogP contribution >= 0.6 is 0 Å². The molecule has 0 fully saturated rings. The fourth-order valence-electron chi connectivity index (χ4n) is 3.16. The number of ether oxygens (including phenoxy) is 4. The Morgan fingerprint density at radius 1 is 1.17 bits per heavy atom. The van der Waals surface area contributed by atoms with Gasteiger partial charge in [0.1, 0.15) is 24.2 Å². The number of esters is 1. The summed E-state index contributed by atoms with van der Waals surface area (Å²) < 4.78 is 27.0. The first-order valence-electron chi connectivity index (χ1n) is 9.29. The Bertz CT molecular complexity index is 1010. The molecule has 0 N–H and O–H groups in total. The smallest absolute Gasteiger partial charge is 0.344 e. The number of carbonyl (C=O) groups excluding carboxylic acids is 1. The quantitative estimate of drug-likeness (QED) is 0.563. The molecule has 1 atom stereocenters. The Kier molecular flexibility index (Phi) is 5.37. The highest BCUT2D eigenvalue weighted by Gasteiger charge is 2.20. The molecule has 1 unspecified atom stereocenters. The van der Waals surface area contributed by atoms with Crippen LogP contribution in [0.4, 0.5) is 0 Å². The monoisotopic (exact) mass is 395 g/mol. The molecule has 3 aromatic rings. The molecule has 1 aliphatic heterocycles. The van der Waals surface area contributed by atoms with Crippen LogP contribution in [-0.2, 0) is 22.6 Å². The summed E-state index contributed by atoms with van der Waals surface area (Å²) in [5.74, 6) is 2.04. The summed E-state index contributed by atoms with van der Waals surface area (Å²) in [5, 5.41) is 3.97. The van der Waals surface area contributed by atoms with Crippen molar-refractivity contribution in [1.29, 1.82) is 0 Å². The van der Waals surface area contributed by atoms with E-state index in [1.54, 1.807) is 24.3 Å². The van der Waals surface area contributed by atoms with Crippen LogP contribution in [0.15, 0.2) is 53.1 Å². The molecule has 150 valence electrons. The third-order valence-corrected chi connectivity index (χ3v) is 4.54. The van der Waals surface area contributed by atoms with Crippen molar-refractivity contribution in [3.8, 4) is 28.6 Å². The second-order valence-electron chi connectivity index (χ2n) is 6.74. The first-order chi connectivity index (χ1) is 14.1. The average Bonchev–Trinajstić information content (AvgIpc) is 3.35. The summed E-state index contributed by atoms with van der Waals surface area (Å²) in [6.45, 7) is 1.81. The number of para-hydroxylation sites is 2. The number of hydrogen-bond acceptors (Lipinski definition) is 7. The van der Waals surface area contributed by atoms with Crippen LogP contribution in [-0.4, -0.2) is 30.9 Å². The Labute approximate surface area is 168 Å². The van der Waals surface area contributed by atoms with E-state index in [4.69, 9.17) is 23.5 Å². The fraction of sp³-hybridized carbons (Fsp3) is 0.273. The van der Waals surface area contributed by atoms with Crippen LogP contribution in [0.3, 0.4) is 0 Å². The molecule has 0 radical (unpaired) electrons. The van der Waals surface area contributed by atoms with Gasteiger partial charge in [0, 0.05) is 18.1 Å². The summed E-state index contributed by atoms with van der Waals surface area (Å²) in [4.78, 5) is 12.0. The highest BCUT2D eigenvalue weighted by atomic mass is 16.6. The first-order valence-corrected chi connectivity index (χ1v) is 9.29. The van der Waals surface area contributed by atoms with Crippen LogP contribution in [0, 0.1) is 0 Å². The number of aromatic nitrogens is 1. The van der Waals surface area contributed by atoms with E-state index in [0.717, 1.165) is 23.3 Å². The van der Waals surface area contributed by atoms with E-state index in [0.29, 0.717) is 23.0 Å². The molecule has 7 nitrogen and oxygen atoms in total. The molecule has 1 aliphatic rings. The highest BCUT2D eigenvalue weighted by molar-refractivity contribution is 5.71. The van der Waals surface area contributed by atoms with Gasteiger partial charge in [-0.05, 0) is 42.8 Å². The predicted molar refractivity (Wildman–Crippen MR) is 104 cm³/mol. The van der Waals surface area contributed by atoms with Crippen LogP contribution < -0.4 is 14.2 Å². The number of benzene rings is 2. The molecular weight excluding hydrogens is 374 g/mol. The number of hydrogen-bond donors (Lipinski definition) is 0. The summed E-state index contributed by atoms with van der Waals surface area (Å²) in [6, 6.07) is 14.7. The first kappa shape index (κ1) is 18.9. The highest BCUT2D eigenvalue weighted by Crippen LogP contribution is 2.33. The molecule has 0 aliphatic carbocycles. The molecule has 0 spiro atoms. The number of fused-ring (bicyclic) bond motifs is 1. The third-order valence-electron chi connectivity index (χ3n) is 4.54. The lowest BCUT2D eigenvalue weighted by molar-refractivity contribution is -0.147. The molecule has 2 aromatic carbocycles. The zero-order valence-electron chi connectivity index (χ0n) is 16.2. The minimum absolute atomic E-state index is 0.00268. The van der Waals surface area contributed by atoms with Gasteiger partial charge in [-0.15, -0.1) is 0 Å². The normalized spacial score (nSPS) is 14.8. The van der Waals surface area contributed by atoms with E-state index in [1.165, 1.54) is 7.11 Å². The van der Waals surface area contributed by atoms with Gasteiger partial charge >= 0.3 is 5.97 Å². The van der Waals surface area contributed by atoms with Gasteiger partial charge in [-0.3, -0.25) is 0 Å². The maximum absolute atomic E-state index is 12.0. The van der Waals surface area contributed by atoms with Crippen molar-refractivity contribution in [1.82, 2.24) is 5.16 Å². The summed E-state index contributed by atoms with van der Waals surface area (Å²) in [5.41, 5.74) is 2.58. The molecule has 0 amide bonds. The van der Waals surface area contributed by atoms with Gasteiger partial charge in [-0.25, -0.2) is 4.79 Å². The zero-order valence-corrected chi connectivity index (χ0v) is 16.2. The van der Waals surface area contributed by atoms with Gasteiger partial charge in [-0.2, -0.15) is 0 Å². The lowest BCUT2D eigenvalue weighted by atomic mass is 10.1.